The summed E-state index contributed by atoms with van der Waals surface area (Å²) in [7, 11) is 0. The predicted octanol–water partition coefficient (Wildman–Crippen LogP) is 2.96. The quantitative estimate of drug-likeness (QED) is 0.338. The van der Waals surface area contributed by atoms with Crippen molar-refractivity contribution in [2.24, 2.45) is 34.0 Å². The number of benzene rings is 1. The van der Waals surface area contributed by atoms with Gasteiger partial charge in [-0.1, -0.05) is 44.2 Å². The summed E-state index contributed by atoms with van der Waals surface area (Å²) in [5.74, 6) is -1.04. The topological polar surface area (TPSA) is 119 Å². The molecule has 216 valence electrons. The second kappa shape index (κ2) is 8.63. The molecule has 0 aromatic heterocycles. The van der Waals surface area contributed by atoms with Gasteiger partial charge in [-0.05, 0) is 74.8 Å². The third kappa shape index (κ3) is 2.91. The summed E-state index contributed by atoms with van der Waals surface area (Å²) < 4.78 is 5.64. The number of hydrogen-bond acceptors (Lipinski definition) is 7. The third-order valence-corrected chi connectivity index (χ3v) is 12.7. The first-order valence-corrected chi connectivity index (χ1v) is 15.1. The molecule has 8 heteroatoms. The number of aliphatic hydroxyl groups excluding tert-OH is 3. The highest BCUT2D eigenvalue weighted by molar-refractivity contribution is 6.07. The minimum Gasteiger partial charge on any atom is -0.462 e. The van der Waals surface area contributed by atoms with Crippen LogP contribution in [0.1, 0.15) is 64.4 Å². The number of hydrogen-bond donors (Lipinski definition) is 4. The summed E-state index contributed by atoms with van der Waals surface area (Å²) in [6, 6.07) is 7.49. The molecule has 10 atom stereocenters. The summed E-state index contributed by atoms with van der Waals surface area (Å²) in [5.41, 5.74) is -0.502. The van der Waals surface area contributed by atoms with E-state index in [-0.39, 0.29) is 42.4 Å². The van der Waals surface area contributed by atoms with E-state index in [1.807, 2.05) is 31.2 Å². The second-order valence-electron chi connectivity index (χ2n) is 14.0. The number of cyclic esters (lactones) is 1. The maximum atomic E-state index is 14.4. The highest BCUT2D eigenvalue weighted by atomic mass is 16.6. The number of nitrogens with one attached hydrogen (secondary N) is 1. The molecule has 2 unspecified atom stereocenters. The fourth-order valence-corrected chi connectivity index (χ4v) is 10.9. The lowest BCUT2D eigenvalue weighted by atomic mass is 9.44. The Balaban J connectivity index is 1.42. The molecule has 40 heavy (non-hydrogen) atoms. The average molecular weight is 551 g/mol. The maximum Gasteiger partial charge on any atom is 0.316 e. The van der Waals surface area contributed by atoms with Gasteiger partial charge < -0.3 is 25.4 Å². The molecule has 7 rings (SSSR count). The van der Waals surface area contributed by atoms with Gasteiger partial charge in [0.05, 0.1) is 12.7 Å². The number of nitrogens with zero attached hydrogens (tertiary/aromatic N) is 1. The van der Waals surface area contributed by atoms with Gasteiger partial charge in [-0.25, -0.2) is 0 Å². The number of carbonyl (C=O) groups excluding carboxylic acids is 2. The Labute approximate surface area is 235 Å². The second-order valence-corrected chi connectivity index (χ2v) is 14.0. The molecule has 2 aliphatic carbocycles. The fourth-order valence-electron chi connectivity index (χ4n) is 10.9. The van der Waals surface area contributed by atoms with Crippen LogP contribution >= 0.6 is 0 Å². The Hall–Kier alpha value is -2.26. The smallest absolute Gasteiger partial charge is 0.316 e. The number of aliphatic hydroxyl groups is 3. The number of para-hydroxylation sites is 1. The zero-order chi connectivity index (χ0) is 28.2. The van der Waals surface area contributed by atoms with Crippen LogP contribution in [0.2, 0.25) is 0 Å². The minimum absolute atomic E-state index is 0.0513. The normalized spacial score (nSPS) is 47.9. The molecular weight excluding hydrogens is 508 g/mol. The molecule has 1 amide bonds. The molecular formula is C32H42N2O6. The van der Waals surface area contributed by atoms with Gasteiger partial charge in [0.1, 0.15) is 23.7 Å². The van der Waals surface area contributed by atoms with E-state index in [1.165, 1.54) is 0 Å². The standard InChI is InChI=1S/C32H42N2O6/c1-18-10-11-22-29(2,13-12-25(36)30(22,3)17-35)20(18)15-23-31(26(37)16-40-28(31)39)24-9-6-14-34(24)32(23)19-7-4-5-8-21(19)33-27(32)38/h4-5,7-8,20,22-26,35-37H,1,6,9-17H2,2-3H3,(H,33,38)/t20-,22+,23?,24?,25-,26-,29-,30+,31-,32+/m1/s1. The molecule has 4 aliphatic heterocycles. The Bertz CT molecular complexity index is 1280. The number of anilines is 1. The van der Waals surface area contributed by atoms with Crippen LogP contribution in [0.4, 0.5) is 5.69 Å². The number of amides is 1. The number of fused-ring (bicyclic) bond motifs is 6. The lowest BCUT2D eigenvalue weighted by Crippen LogP contribution is -2.59. The molecule has 5 fully saturated rings. The van der Waals surface area contributed by atoms with Crippen molar-refractivity contribution in [2.75, 3.05) is 25.1 Å². The van der Waals surface area contributed by atoms with Gasteiger partial charge in [-0.15, -0.1) is 0 Å². The van der Waals surface area contributed by atoms with Crippen molar-refractivity contribution in [1.29, 1.82) is 0 Å². The molecule has 4 N–H and O–H groups in total. The number of allylic oxidation sites excluding steroid dienone is 1. The molecule has 2 spiro atoms. The first kappa shape index (κ1) is 26.6. The van der Waals surface area contributed by atoms with Crippen LogP contribution in [-0.2, 0) is 19.9 Å². The van der Waals surface area contributed by atoms with Crippen LogP contribution in [0.25, 0.3) is 0 Å². The van der Waals surface area contributed by atoms with E-state index in [0.717, 1.165) is 48.9 Å². The summed E-state index contributed by atoms with van der Waals surface area (Å²) in [6.45, 7) is 9.33. The maximum absolute atomic E-state index is 14.4. The van der Waals surface area contributed by atoms with Crippen LogP contribution in [-0.4, -0.2) is 70.1 Å². The lowest BCUT2D eigenvalue weighted by Gasteiger charge is -2.60. The molecule has 2 saturated carbocycles. The van der Waals surface area contributed by atoms with Gasteiger partial charge in [0.25, 0.3) is 0 Å². The van der Waals surface area contributed by atoms with E-state index < -0.39 is 40.5 Å². The molecule has 0 radical (unpaired) electrons. The lowest BCUT2D eigenvalue weighted by molar-refractivity contribution is -0.161. The Kier molecular flexibility index (Phi) is 5.75. The van der Waals surface area contributed by atoms with E-state index in [1.54, 1.807) is 0 Å². The summed E-state index contributed by atoms with van der Waals surface area (Å²) in [6.07, 6.45) is 3.43. The monoisotopic (exact) mass is 550 g/mol. The van der Waals surface area contributed by atoms with Crippen molar-refractivity contribution in [3.05, 3.63) is 42.0 Å². The van der Waals surface area contributed by atoms with Crippen molar-refractivity contribution in [3.8, 4) is 0 Å². The molecule has 4 heterocycles. The van der Waals surface area contributed by atoms with Crippen LogP contribution in [0.5, 0.6) is 0 Å². The summed E-state index contributed by atoms with van der Waals surface area (Å²) >= 11 is 0. The zero-order valence-electron chi connectivity index (χ0n) is 23.6. The Morgan fingerprint density at radius 2 is 1.90 bits per heavy atom. The zero-order valence-corrected chi connectivity index (χ0v) is 23.6. The van der Waals surface area contributed by atoms with Gasteiger partial charge >= 0.3 is 5.97 Å². The van der Waals surface area contributed by atoms with Gasteiger partial charge in [-0.3, -0.25) is 14.5 Å². The van der Waals surface area contributed by atoms with Crippen LogP contribution in [0.15, 0.2) is 36.4 Å². The number of rotatable bonds is 3. The fraction of sp³-hybridized carbons (Fsp3) is 0.688. The van der Waals surface area contributed by atoms with E-state index in [0.29, 0.717) is 19.4 Å². The van der Waals surface area contributed by atoms with Crippen molar-refractivity contribution < 1.29 is 29.6 Å². The van der Waals surface area contributed by atoms with E-state index in [2.05, 4.69) is 23.7 Å². The summed E-state index contributed by atoms with van der Waals surface area (Å²) in [5, 5.41) is 36.4. The van der Waals surface area contributed by atoms with E-state index >= 15 is 0 Å². The van der Waals surface area contributed by atoms with Crippen LogP contribution in [0.3, 0.4) is 0 Å². The number of carbonyl (C=O) groups is 2. The number of esters is 1. The predicted molar refractivity (Wildman–Crippen MR) is 148 cm³/mol. The minimum atomic E-state index is -1.22. The van der Waals surface area contributed by atoms with Crippen molar-refractivity contribution >= 4 is 17.6 Å². The van der Waals surface area contributed by atoms with Gasteiger partial charge in [0.15, 0.2) is 0 Å². The third-order valence-electron chi connectivity index (χ3n) is 12.7. The highest BCUT2D eigenvalue weighted by Gasteiger charge is 2.79. The largest absolute Gasteiger partial charge is 0.462 e. The van der Waals surface area contributed by atoms with Crippen molar-refractivity contribution in [3.63, 3.8) is 0 Å². The van der Waals surface area contributed by atoms with Crippen molar-refractivity contribution in [2.45, 2.75) is 82.6 Å². The average Bonchev–Trinajstić information content (AvgIpc) is 3.66. The SMILES string of the molecule is C=C1CC[C@@H]2[C@](C)(CO)[C@H](O)CC[C@]2(C)[C@@H]1CC1[C@@]2(C(=O)OC[C@H]2O)C2CCCN2[C@]12C(=O)Nc1ccccc12. The molecule has 1 aromatic rings. The van der Waals surface area contributed by atoms with Crippen molar-refractivity contribution in [1.82, 2.24) is 4.90 Å². The molecule has 8 nitrogen and oxygen atoms in total. The summed E-state index contributed by atoms with van der Waals surface area (Å²) in [4.78, 5) is 30.6. The Morgan fingerprint density at radius 1 is 1.12 bits per heavy atom. The van der Waals surface area contributed by atoms with Gasteiger partial charge in [0.2, 0.25) is 5.91 Å². The number of ether oxygens (including phenoxy) is 1. The first-order chi connectivity index (χ1) is 19.1. The molecule has 0 bridgehead atoms. The molecule has 3 saturated heterocycles. The Morgan fingerprint density at radius 3 is 2.62 bits per heavy atom. The highest BCUT2D eigenvalue weighted by Crippen LogP contribution is 2.69. The van der Waals surface area contributed by atoms with Gasteiger partial charge in [0, 0.05) is 28.6 Å². The van der Waals surface area contributed by atoms with E-state index in [4.69, 9.17) is 4.74 Å². The molecule has 1 aromatic carbocycles. The van der Waals surface area contributed by atoms with Crippen LogP contribution < -0.4 is 5.32 Å². The van der Waals surface area contributed by atoms with Gasteiger partial charge in [-0.2, -0.15) is 0 Å². The molecule has 6 aliphatic rings. The van der Waals surface area contributed by atoms with E-state index in [9.17, 15) is 24.9 Å². The van der Waals surface area contributed by atoms with Crippen LogP contribution in [0, 0.1) is 34.0 Å². The first-order valence-electron chi connectivity index (χ1n) is 15.1.